The molecule has 23 heavy (non-hydrogen) atoms. The number of halogens is 3. The first kappa shape index (κ1) is 16.9. The van der Waals surface area contributed by atoms with Crippen molar-refractivity contribution in [1.29, 1.82) is 0 Å². The number of hydrogen-bond donors (Lipinski definition) is 0. The number of benzene rings is 2. The van der Waals surface area contributed by atoms with Crippen LogP contribution in [-0.2, 0) is 17.4 Å². The van der Waals surface area contributed by atoms with E-state index < -0.39 is 11.7 Å². The maximum Gasteiger partial charge on any atom is 0.416 e. The van der Waals surface area contributed by atoms with Crippen molar-refractivity contribution in [1.82, 2.24) is 0 Å². The lowest BCUT2D eigenvalue weighted by atomic mass is 10.0. The molecule has 0 saturated heterocycles. The lowest BCUT2D eigenvalue weighted by Gasteiger charge is -2.09. The second-order valence-electron chi connectivity index (χ2n) is 4.82. The van der Waals surface area contributed by atoms with E-state index in [0.717, 1.165) is 17.7 Å². The van der Waals surface area contributed by atoms with Crippen molar-refractivity contribution >= 4 is 5.71 Å². The number of hydrogen-bond acceptors (Lipinski definition) is 3. The minimum atomic E-state index is -4.34. The molecule has 2 aromatic carbocycles. The zero-order chi connectivity index (χ0) is 16.9. The van der Waals surface area contributed by atoms with Crippen LogP contribution in [-0.4, -0.2) is 19.9 Å². The molecule has 6 heteroatoms. The average Bonchev–Trinajstić information content (AvgIpc) is 2.54. The Hall–Kier alpha value is -2.50. The largest absolute Gasteiger partial charge is 0.497 e. The Balaban J connectivity index is 2.21. The quantitative estimate of drug-likeness (QED) is 0.606. The highest BCUT2D eigenvalue weighted by atomic mass is 19.4. The number of rotatable bonds is 5. The number of ether oxygens (including phenoxy) is 1. The summed E-state index contributed by atoms with van der Waals surface area (Å²) in [6.07, 6.45) is -3.98. The van der Waals surface area contributed by atoms with Gasteiger partial charge in [0.2, 0.25) is 0 Å². The van der Waals surface area contributed by atoms with Crippen molar-refractivity contribution in [3.63, 3.8) is 0 Å². The first-order chi connectivity index (χ1) is 10.9. The molecular weight excluding hydrogens is 307 g/mol. The van der Waals surface area contributed by atoms with E-state index >= 15 is 0 Å². The van der Waals surface area contributed by atoms with Crippen LogP contribution in [0, 0.1) is 0 Å². The van der Waals surface area contributed by atoms with Crippen LogP contribution in [0.3, 0.4) is 0 Å². The predicted molar refractivity (Wildman–Crippen MR) is 81.7 cm³/mol. The molecule has 2 rings (SSSR count). The second kappa shape index (κ2) is 7.17. The highest BCUT2D eigenvalue weighted by Crippen LogP contribution is 2.29. The van der Waals surface area contributed by atoms with Gasteiger partial charge in [-0.25, -0.2) is 0 Å². The Bertz CT molecular complexity index is 662. The van der Waals surface area contributed by atoms with Crippen LogP contribution in [0.2, 0.25) is 0 Å². The fraction of sp³-hybridized carbons (Fsp3) is 0.235. The fourth-order valence-electron chi connectivity index (χ4n) is 2.09. The summed E-state index contributed by atoms with van der Waals surface area (Å²) in [5.74, 6) is 0.708. The van der Waals surface area contributed by atoms with Crippen LogP contribution in [0.25, 0.3) is 0 Å². The fourth-order valence-corrected chi connectivity index (χ4v) is 2.09. The predicted octanol–water partition coefficient (Wildman–Crippen LogP) is 4.31. The van der Waals surface area contributed by atoms with Crippen LogP contribution in [0.5, 0.6) is 5.75 Å². The van der Waals surface area contributed by atoms with Gasteiger partial charge >= 0.3 is 6.18 Å². The number of alkyl halides is 3. The highest BCUT2D eigenvalue weighted by molar-refractivity contribution is 6.01. The lowest BCUT2D eigenvalue weighted by molar-refractivity contribution is -0.137. The number of methoxy groups -OCH3 is 1. The summed E-state index contributed by atoms with van der Waals surface area (Å²) in [5, 5.41) is 3.97. The van der Waals surface area contributed by atoms with Crippen molar-refractivity contribution in [3.05, 3.63) is 65.2 Å². The minimum Gasteiger partial charge on any atom is -0.497 e. The molecule has 0 bridgehead atoms. The third-order valence-corrected chi connectivity index (χ3v) is 3.28. The van der Waals surface area contributed by atoms with Gasteiger partial charge < -0.3 is 9.57 Å². The Morgan fingerprint density at radius 3 is 2.04 bits per heavy atom. The first-order valence-corrected chi connectivity index (χ1v) is 6.84. The maximum atomic E-state index is 12.6. The summed E-state index contributed by atoms with van der Waals surface area (Å²) >= 11 is 0. The zero-order valence-corrected chi connectivity index (χ0v) is 12.7. The van der Waals surface area contributed by atoms with E-state index in [-0.39, 0.29) is 0 Å². The second-order valence-corrected chi connectivity index (χ2v) is 4.82. The molecule has 0 aliphatic rings. The molecule has 0 radical (unpaired) electrons. The van der Waals surface area contributed by atoms with Crippen molar-refractivity contribution < 1.29 is 22.7 Å². The molecule has 2 aromatic rings. The smallest absolute Gasteiger partial charge is 0.416 e. The molecule has 0 spiro atoms. The topological polar surface area (TPSA) is 30.8 Å². The summed E-state index contributed by atoms with van der Waals surface area (Å²) in [6.45, 7) is 0. The van der Waals surface area contributed by atoms with Crippen LogP contribution >= 0.6 is 0 Å². The number of oxime groups is 1. The normalized spacial score (nSPS) is 12.1. The number of nitrogens with zero attached hydrogens (tertiary/aromatic N) is 1. The summed E-state index contributed by atoms with van der Waals surface area (Å²) in [4.78, 5) is 4.84. The summed E-state index contributed by atoms with van der Waals surface area (Å²) in [7, 11) is 3.00. The molecule has 0 saturated carbocycles. The third kappa shape index (κ3) is 4.48. The van der Waals surface area contributed by atoms with Crippen LogP contribution in [0.1, 0.15) is 16.7 Å². The van der Waals surface area contributed by atoms with Crippen LogP contribution in [0.4, 0.5) is 13.2 Å². The van der Waals surface area contributed by atoms with Crippen molar-refractivity contribution in [2.45, 2.75) is 12.6 Å². The van der Waals surface area contributed by atoms with Gasteiger partial charge in [-0.15, -0.1) is 0 Å². The van der Waals surface area contributed by atoms with Gasteiger partial charge in [0.25, 0.3) is 0 Å². The molecule has 122 valence electrons. The highest BCUT2D eigenvalue weighted by Gasteiger charge is 2.29. The van der Waals surface area contributed by atoms with Crippen molar-refractivity contribution in [3.8, 4) is 5.75 Å². The van der Waals surface area contributed by atoms with Gasteiger partial charge in [-0.1, -0.05) is 17.3 Å². The van der Waals surface area contributed by atoms with Gasteiger partial charge in [0.15, 0.2) is 0 Å². The van der Waals surface area contributed by atoms with Gasteiger partial charge in [-0.2, -0.15) is 13.2 Å². The Morgan fingerprint density at radius 1 is 0.957 bits per heavy atom. The Kier molecular flexibility index (Phi) is 5.26. The van der Waals surface area contributed by atoms with E-state index in [0.29, 0.717) is 23.4 Å². The molecule has 0 unspecified atom stereocenters. The first-order valence-electron chi connectivity index (χ1n) is 6.84. The summed E-state index contributed by atoms with van der Waals surface area (Å²) in [5.41, 5.74) is 1.48. The van der Waals surface area contributed by atoms with E-state index in [1.807, 2.05) is 12.1 Å². The summed E-state index contributed by atoms with van der Waals surface area (Å²) < 4.78 is 42.8. The summed E-state index contributed by atoms with van der Waals surface area (Å²) in [6, 6.07) is 12.2. The van der Waals surface area contributed by atoms with Gasteiger partial charge in [0.1, 0.15) is 12.9 Å². The van der Waals surface area contributed by atoms with E-state index in [4.69, 9.17) is 9.57 Å². The molecule has 0 aromatic heterocycles. The van der Waals surface area contributed by atoms with E-state index in [1.54, 1.807) is 19.2 Å². The van der Waals surface area contributed by atoms with Crippen molar-refractivity contribution in [2.24, 2.45) is 5.16 Å². The molecular formula is C17H16F3NO2. The standard InChI is InChI=1S/C17H16F3NO2/c1-22-15-9-5-13(6-10-15)16(21-23-2)11-12-3-7-14(8-4-12)17(18,19)20/h3-10H,11H2,1-2H3/b21-16+. The zero-order valence-electron chi connectivity index (χ0n) is 12.7. The van der Waals surface area contributed by atoms with Gasteiger partial charge in [0.05, 0.1) is 18.4 Å². The van der Waals surface area contributed by atoms with E-state index in [1.165, 1.54) is 19.2 Å². The molecule has 0 heterocycles. The van der Waals surface area contributed by atoms with Crippen LogP contribution < -0.4 is 4.74 Å². The molecule has 0 N–H and O–H groups in total. The lowest BCUT2D eigenvalue weighted by Crippen LogP contribution is -2.08. The van der Waals surface area contributed by atoms with Gasteiger partial charge in [-0.05, 0) is 47.5 Å². The minimum absolute atomic E-state index is 0.359. The van der Waals surface area contributed by atoms with Gasteiger partial charge in [-0.3, -0.25) is 0 Å². The molecule has 3 nitrogen and oxygen atoms in total. The third-order valence-electron chi connectivity index (χ3n) is 3.28. The SMILES string of the molecule is CO/N=C(\Cc1ccc(C(F)(F)F)cc1)c1ccc(OC)cc1. The van der Waals surface area contributed by atoms with Crippen LogP contribution in [0.15, 0.2) is 53.7 Å². The average molecular weight is 323 g/mol. The maximum absolute atomic E-state index is 12.6. The monoisotopic (exact) mass is 323 g/mol. The molecule has 0 aliphatic carbocycles. The Morgan fingerprint density at radius 2 is 1.57 bits per heavy atom. The Labute approximate surface area is 132 Å². The van der Waals surface area contributed by atoms with Gasteiger partial charge in [0, 0.05) is 6.42 Å². The molecule has 0 amide bonds. The van der Waals surface area contributed by atoms with E-state index in [9.17, 15) is 13.2 Å². The molecule has 0 fully saturated rings. The van der Waals surface area contributed by atoms with Crippen molar-refractivity contribution in [2.75, 3.05) is 14.2 Å². The molecule has 0 atom stereocenters. The molecule has 0 aliphatic heterocycles. The van der Waals surface area contributed by atoms with E-state index in [2.05, 4.69) is 5.16 Å².